The van der Waals surface area contributed by atoms with Crippen molar-refractivity contribution in [3.8, 4) is 0 Å². The van der Waals surface area contributed by atoms with Gasteiger partial charge < -0.3 is 5.11 Å². The summed E-state index contributed by atoms with van der Waals surface area (Å²) in [5, 5.41) is 11.4. The van der Waals surface area contributed by atoms with E-state index in [1.165, 1.54) is 6.07 Å². The number of halogens is 2. The molecule has 0 amide bonds. The van der Waals surface area contributed by atoms with Crippen molar-refractivity contribution in [3.63, 3.8) is 0 Å². The van der Waals surface area contributed by atoms with Crippen LogP contribution in [0.25, 0.3) is 10.9 Å². The fourth-order valence-corrected chi connectivity index (χ4v) is 2.96. The lowest BCUT2D eigenvalue weighted by molar-refractivity contribution is 0.177. The van der Waals surface area contributed by atoms with Crippen LogP contribution in [0.5, 0.6) is 0 Å². The van der Waals surface area contributed by atoms with E-state index in [0.717, 1.165) is 16.5 Å². The third-order valence-corrected chi connectivity index (χ3v) is 4.33. The van der Waals surface area contributed by atoms with Gasteiger partial charge in [-0.3, -0.25) is 4.98 Å². The predicted octanol–water partition coefficient (Wildman–Crippen LogP) is 4.41. The van der Waals surface area contributed by atoms with E-state index in [1.807, 2.05) is 30.3 Å². The number of aliphatic hydroxyl groups is 1. The summed E-state index contributed by atoms with van der Waals surface area (Å²) < 4.78 is 13.9. The minimum atomic E-state index is -0.777. The number of hydrogen-bond acceptors (Lipinski definition) is 2. The first kappa shape index (κ1) is 14.2. The molecule has 2 aromatic carbocycles. The molecular formula is C17H13BrFNO. The van der Waals surface area contributed by atoms with Crippen LogP contribution in [0.3, 0.4) is 0 Å². The highest BCUT2D eigenvalue weighted by Crippen LogP contribution is 2.29. The van der Waals surface area contributed by atoms with Crippen molar-refractivity contribution < 1.29 is 9.50 Å². The Hall–Kier alpha value is -1.78. The van der Waals surface area contributed by atoms with Crippen LogP contribution in [0.2, 0.25) is 0 Å². The maximum Gasteiger partial charge on any atom is 0.137 e. The van der Waals surface area contributed by atoms with Gasteiger partial charge in [-0.1, -0.05) is 30.3 Å². The summed E-state index contributed by atoms with van der Waals surface area (Å²) in [5.74, 6) is -0.369. The summed E-state index contributed by atoms with van der Waals surface area (Å²) in [4.78, 5) is 4.30. The van der Waals surface area contributed by atoms with Crippen molar-refractivity contribution in [2.75, 3.05) is 0 Å². The van der Waals surface area contributed by atoms with Crippen molar-refractivity contribution in [1.29, 1.82) is 0 Å². The summed E-state index contributed by atoms with van der Waals surface area (Å²) in [5.41, 5.74) is 2.43. The molecule has 0 aliphatic rings. The van der Waals surface area contributed by atoms with E-state index < -0.39 is 6.10 Å². The van der Waals surface area contributed by atoms with E-state index in [4.69, 9.17) is 0 Å². The van der Waals surface area contributed by atoms with Crippen LogP contribution < -0.4 is 0 Å². The standard InChI is InChI=1S/C17H13BrFNO/c18-17-13(5-3-6-14(17)19)16(21)10-11-8-9-20-15-7-2-1-4-12(11)15/h1-9,16,21H,10H2. The van der Waals surface area contributed by atoms with Crippen LogP contribution in [0.15, 0.2) is 59.2 Å². The molecule has 3 aromatic rings. The Morgan fingerprint density at radius 1 is 1.10 bits per heavy atom. The summed E-state index contributed by atoms with van der Waals surface area (Å²) in [6.07, 6.45) is 1.36. The molecule has 0 fully saturated rings. The molecule has 0 saturated heterocycles. The second-order valence-electron chi connectivity index (χ2n) is 4.85. The molecule has 1 aromatic heterocycles. The molecule has 106 valence electrons. The maximum absolute atomic E-state index is 13.6. The van der Waals surface area contributed by atoms with E-state index in [1.54, 1.807) is 18.3 Å². The first-order valence-corrected chi connectivity index (χ1v) is 7.40. The van der Waals surface area contributed by atoms with Crippen molar-refractivity contribution >= 4 is 26.8 Å². The summed E-state index contributed by atoms with van der Waals surface area (Å²) in [7, 11) is 0. The molecule has 0 aliphatic carbocycles. The van der Waals surface area contributed by atoms with Gasteiger partial charge in [0.2, 0.25) is 0 Å². The number of pyridine rings is 1. The van der Waals surface area contributed by atoms with Gasteiger partial charge in [0.15, 0.2) is 0 Å². The smallest absolute Gasteiger partial charge is 0.137 e. The lowest BCUT2D eigenvalue weighted by Crippen LogP contribution is -2.04. The number of hydrogen-bond donors (Lipinski definition) is 1. The molecule has 4 heteroatoms. The Kier molecular flexibility index (Phi) is 3.99. The number of para-hydroxylation sites is 1. The fraction of sp³-hybridized carbons (Fsp3) is 0.118. The quantitative estimate of drug-likeness (QED) is 0.762. The van der Waals surface area contributed by atoms with Crippen LogP contribution in [-0.4, -0.2) is 10.1 Å². The number of aliphatic hydroxyl groups excluding tert-OH is 1. The molecule has 0 saturated carbocycles. The normalized spacial score (nSPS) is 12.5. The SMILES string of the molecule is OC(Cc1ccnc2ccccc12)c1cccc(F)c1Br. The molecule has 1 unspecified atom stereocenters. The molecule has 1 heterocycles. The Labute approximate surface area is 130 Å². The van der Waals surface area contributed by atoms with Gasteiger partial charge in [0, 0.05) is 18.0 Å². The number of benzene rings is 2. The van der Waals surface area contributed by atoms with Gasteiger partial charge in [0.25, 0.3) is 0 Å². The number of nitrogens with zero attached hydrogens (tertiary/aromatic N) is 1. The molecule has 1 N–H and O–H groups in total. The van der Waals surface area contributed by atoms with Crippen LogP contribution in [-0.2, 0) is 6.42 Å². The van der Waals surface area contributed by atoms with Gasteiger partial charge in [-0.2, -0.15) is 0 Å². The van der Waals surface area contributed by atoms with E-state index >= 15 is 0 Å². The molecule has 3 rings (SSSR count). The van der Waals surface area contributed by atoms with Gasteiger partial charge in [0.05, 0.1) is 16.1 Å². The number of rotatable bonds is 3. The third-order valence-electron chi connectivity index (χ3n) is 3.49. The molecule has 2 nitrogen and oxygen atoms in total. The first-order valence-electron chi connectivity index (χ1n) is 6.61. The minimum Gasteiger partial charge on any atom is -0.388 e. The van der Waals surface area contributed by atoms with Crippen molar-refractivity contribution in [2.24, 2.45) is 0 Å². The zero-order valence-electron chi connectivity index (χ0n) is 11.1. The highest BCUT2D eigenvalue weighted by molar-refractivity contribution is 9.10. The molecular weight excluding hydrogens is 333 g/mol. The van der Waals surface area contributed by atoms with Crippen molar-refractivity contribution in [2.45, 2.75) is 12.5 Å². The largest absolute Gasteiger partial charge is 0.388 e. The second kappa shape index (κ2) is 5.92. The zero-order chi connectivity index (χ0) is 14.8. The van der Waals surface area contributed by atoms with E-state index in [2.05, 4.69) is 20.9 Å². The lowest BCUT2D eigenvalue weighted by Gasteiger charge is -2.14. The van der Waals surface area contributed by atoms with E-state index in [-0.39, 0.29) is 5.82 Å². The molecule has 0 spiro atoms. The van der Waals surface area contributed by atoms with Gasteiger partial charge >= 0.3 is 0 Å². The monoisotopic (exact) mass is 345 g/mol. The third kappa shape index (κ3) is 2.82. The highest BCUT2D eigenvalue weighted by Gasteiger charge is 2.15. The van der Waals surface area contributed by atoms with Crippen LogP contribution in [0, 0.1) is 5.82 Å². The van der Waals surface area contributed by atoms with Crippen LogP contribution in [0.4, 0.5) is 4.39 Å². The van der Waals surface area contributed by atoms with Crippen molar-refractivity contribution in [3.05, 3.63) is 76.1 Å². The molecule has 1 atom stereocenters. The van der Waals surface area contributed by atoms with Gasteiger partial charge in [0.1, 0.15) is 5.82 Å². The van der Waals surface area contributed by atoms with Crippen LogP contribution >= 0.6 is 15.9 Å². The van der Waals surface area contributed by atoms with E-state index in [9.17, 15) is 9.50 Å². The Balaban J connectivity index is 1.97. The molecule has 0 bridgehead atoms. The molecule has 0 aliphatic heterocycles. The van der Waals surface area contributed by atoms with Gasteiger partial charge in [-0.15, -0.1) is 0 Å². The number of aromatic nitrogens is 1. The average Bonchev–Trinajstić information content (AvgIpc) is 2.50. The summed E-state index contributed by atoms with van der Waals surface area (Å²) >= 11 is 3.20. The second-order valence-corrected chi connectivity index (χ2v) is 5.64. The molecule has 0 radical (unpaired) electrons. The topological polar surface area (TPSA) is 33.1 Å². The summed E-state index contributed by atoms with van der Waals surface area (Å²) in [6.45, 7) is 0. The zero-order valence-corrected chi connectivity index (χ0v) is 12.7. The Morgan fingerprint density at radius 3 is 2.76 bits per heavy atom. The number of fused-ring (bicyclic) bond motifs is 1. The van der Waals surface area contributed by atoms with E-state index in [0.29, 0.717) is 16.5 Å². The highest BCUT2D eigenvalue weighted by atomic mass is 79.9. The van der Waals surface area contributed by atoms with Crippen molar-refractivity contribution in [1.82, 2.24) is 4.98 Å². The lowest BCUT2D eigenvalue weighted by atomic mass is 9.99. The Morgan fingerprint density at radius 2 is 1.90 bits per heavy atom. The van der Waals surface area contributed by atoms with Crippen LogP contribution in [0.1, 0.15) is 17.2 Å². The Bertz CT molecular complexity index is 785. The predicted molar refractivity (Wildman–Crippen MR) is 84.5 cm³/mol. The first-order chi connectivity index (χ1) is 10.2. The van der Waals surface area contributed by atoms with Gasteiger partial charge in [-0.05, 0) is 45.3 Å². The maximum atomic E-state index is 13.6. The average molecular weight is 346 g/mol. The minimum absolute atomic E-state index is 0.316. The fourth-order valence-electron chi connectivity index (χ4n) is 2.43. The molecule has 21 heavy (non-hydrogen) atoms. The summed E-state index contributed by atoms with van der Waals surface area (Å²) in [6, 6.07) is 14.4. The van der Waals surface area contributed by atoms with Gasteiger partial charge in [-0.25, -0.2) is 4.39 Å².